The standard InChI is InChI=1S/C10H16N2O3/c1-6(7(2)12(4)5)10(14)15-8(3)9(11)13/h7H,1,3H2,2,4-5H3,(H2,11,13). The first-order chi connectivity index (χ1) is 6.77. The average molecular weight is 212 g/mol. The maximum atomic E-state index is 11.4. The molecule has 0 radical (unpaired) electrons. The van der Waals surface area contributed by atoms with Gasteiger partial charge in [-0.3, -0.25) is 4.79 Å². The fraction of sp³-hybridized carbons (Fsp3) is 0.400. The van der Waals surface area contributed by atoms with Crippen LogP contribution in [0.1, 0.15) is 6.92 Å². The van der Waals surface area contributed by atoms with E-state index >= 15 is 0 Å². The largest absolute Gasteiger partial charge is 0.418 e. The Morgan fingerprint density at radius 3 is 2.13 bits per heavy atom. The van der Waals surface area contributed by atoms with Gasteiger partial charge in [0.15, 0.2) is 5.76 Å². The third kappa shape index (κ3) is 3.95. The molecule has 0 fully saturated rings. The second-order valence-electron chi connectivity index (χ2n) is 3.34. The fourth-order valence-electron chi connectivity index (χ4n) is 0.710. The van der Waals surface area contributed by atoms with Crippen LogP contribution in [0.15, 0.2) is 24.5 Å². The minimum Gasteiger partial charge on any atom is -0.418 e. The lowest BCUT2D eigenvalue weighted by Crippen LogP contribution is -2.31. The summed E-state index contributed by atoms with van der Waals surface area (Å²) in [5.74, 6) is -1.94. The Kier molecular flexibility index (Phi) is 4.73. The van der Waals surface area contributed by atoms with Crippen LogP contribution in [-0.2, 0) is 14.3 Å². The Bertz CT molecular complexity index is 308. The highest BCUT2D eigenvalue weighted by Crippen LogP contribution is 2.08. The molecule has 84 valence electrons. The SMILES string of the molecule is C=C(OC(=O)C(=C)C(C)N(C)C)C(N)=O. The van der Waals surface area contributed by atoms with E-state index < -0.39 is 11.9 Å². The van der Waals surface area contributed by atoms with Crippen molar-refractivity contribution in [2.45, 2.75) is 13.0 Å². The van der Waals surface area contributed by atoms with Crippen LogP contribution in [0, 0.1) is 0 Å². The number of likely N-dealkylation sites (N-methyl/N-ethyl adjacent to an activating group) is 1. The van der Waals surface area contributed by atoms with Crippen molar-refractivity contribution in [3.05, 3.63) is 24.5 Å². The molecule has 0 aliphatic carbocycles. The minimum absolute atomic E-state index is 0.182. The highest BCUT2D eigenvalue weighted by molar-refractivity contribution is 5.96. The number of primary amides is 1. The Morgan fingerprint density at radius 1 is 1.33 bits per heavy atom. The van der Waals surface area contributed by atoms with E-state index in [4.69, 9.17) is 5.73 Å². The number of esters is 1. The minimum atomic E-state index is -0.867. The van der Waals surface area contributed by atoms with Crippen LogP contribution >= 0.6 is 0 Å². The zero-order valence-electron chi connectivity index (χ0n) is 9.24. The molecule has 1 unspecified atom stereocenters. The third-order valence-electron chi connectivity index (χ3n) is 2.03. The second-order valence-corrected chi connectivity index (χ2v) is 3.34. The van der Waals surface area contributed by atoms with Crippen LogP contribution < -0.4 is 5.73 Å². The Morgan fingerprint density at radius 2 is 1.80 bits per heavy atom. The van der Waals surface area contributed by atoms with Gasteiger partial charge >= 0.3 is 5.97 Å². The van der Waals surface area contributed by atoms with E-state index in [1.807, 2.05) is 0 Å². The van der Waals surface area contributed by atoms with Crippen molar-refractivity contribution < 1.29 is 14.3 Å². The van der Waals surface area contributed by atoms with Gasteiger partial charge in [-0.05, 0) is 21.0 Å². The fourth-order valence-corrected chi connectivity index (χ4v) is 0.710. The number of hydrogen-bond acceptors (Lipinski definition) is 4. The molecule has 0 heterocycles. The first kappa shape index (κ1) is 13.4. The van der Waals surface area contributed by atoms with Gasteiger partial charge in [0.1, 0.15) is 0 Å². The molecule has 0 bridgehead atoms. The van der Waals surface area contributed by atoms with Gasteiger partial charge in [0.05, 0.1) is 0 Å². The molecule has 0 rings (SSSR count). The molecule has 1 amide bonds. The van der Waals surface area contributed by atoms with Crippen molar-refractivity contribution in [3.63, 3.8) is 0 Å². The lowest BCUT2D eigenvalue weighted by Gasteiger charge is -2.20. The molecule has 0 aliphatic rings. The number of nitrogens with zero attached hydrogens (tertiary/aromatic N) is 1. The van der Waals surface area contributed by atoms with E-state index in [1.165, 1.54) is 0 Å². The monoisotopic (exact) mass is 212 g/mol. The summed E-state index contributed by atoms with van der Waals surface area (Å²) in [7, 11) is 3.60. The normalized spacial score (nSPS) is 12.0. The summed E-state index contributed by atoms with van der Waals surface area (Å²) in [4.78, 5) is 23.7. The van der Waals surface area contributed by atoms with Gasteiger partial charge in [-0.2, -0.15) is 0 Å². The van der Waals surface area contributed by atoms with Gasteiger partial charge < -0.3 is 15.4 Å². The highest BCUT2D eigenvalue weighted by atomic mass is 16.5. The lowest BCUT2D eigenvalue weighted by atomic mass is 10.1. The second kappa shape index (κ2) is 5.31. The van der Waals surface area contributed by atoms with Crippen molar-refractivity contribution in [1.82, 2.24) is 4.90 Å². The van der Waals surface area contributed by atoms with E-state index in [2.05, 4.69) is 17.9 Å². The molecule has 0 spiro atoms. The van der Waals surface area contributed by atoms with Crippen molar-refractivity contribution in [2.75, 3.05) is 14.1 Å². The molecule has 0 saturated carbocycles. The summed E-state index contributed by atoms with van der Waals surface area (Å²) in [6.07, 6.45) is 0. The van der Waals surface area contributed by atoms with Gasteiger partial charge in [0.25, 0.3) is 5.91 Å². The van der Waals surface area contributed by atoms with Crippen molar-refractivity contribution in [1.29, 1.82) is 0 Å². The molecule has 0 saturated heterocycles. The first-order valence-corrected chi connectivity index (χ1v) is 4.33. The van der Waals surface area contributed by atoms with Crippen LogP contribution in [0.2, 0.25) is 0 Å². The first-order valence-electron chi connectivity index (χ1n) is 4.33. The number of rotatable bonds is 5. The molecule has 0 aromatic carbocycles. The van der Waals surface area contributed by atoms with Gasteiger partial charge in [0.2, 0.25) is 0 Å². The van der Waals surface area contributed by atoms with Crippen LogP contribution in [0.5, 0.6) is 0 Å². The molecule has 0 aromatic heterocycles. The summed E-state index contributed by atoms with van der Waals surface area (Å²) in [5.41, 5.74) is 5.10. The number of nitrogens with two attached hydrogens (primary N) is 1. The predicted molar refractivity (Wildman–Crippen MR) is 56.7 cm³/mol. The summed E-state index contributed by atoms with van der Waals surface area (Å²) in [6, 6.07) is -0.182. The third-order valence-corrected chi connectivity index (χ3v) is 2.03. The zero-order chi connectivity index (χ0) is 12.2. The maximum absolute atomic E-state index is 11.4. The van der Waals surface area contributed by atoms with Crippen molar-refractivity contribution >= 4 is 11.9 Å². The summed E-state index contributed by atoms with van der Waals surface area (Å²) in [6.45, 7) is 8.58. The summed E-state index contributed by atoms with van der Waals surface area (Å²) < 4.78 is 4.61. The summed E-state index contributed by atoms with van der Waals surface area (Å²) in [5, 5.41) is 0. The molecule has 0 aliphatic heterocycles. The molecule has 1 atom stereocenters. The van der Waals surface area contributed by atoms with Gasteiger partial charge in [-0.25, -0.2) is 4.79 Å². The lowest BCUT2D eigenvalue weighted by molar-refractivity contribution is -0.138. The van der Waals surface area contributed by atoms with E-state index in [1.54, 1.807) is 25.9 Å². The van der Waals surface area contributed by atoms with Crippen LogP contribution in [0.3, 0.4) is 0 Å². The highest BCUT2D eigenvalue weighted by Gasteiger charge is 2.19. The predicted octanol–water partition coefficient (Wildman–Crippen LogP) is 0.0349. The quantitative estimate of drug-likeness (QED) is 0.396. The van der Waals surface area contributed by atoms with E-state index in [0.29, 0.717) is 0 Å². The average Bonchev–Trinajstić information content (AvgIpc) is 2.14. The van der Waals surface area contributed by atoms with Crippen LogP contribution in [0.4, 0.5) is 0 Å². The zero-order valence-corrected chi connectivity index (χ0v) is 9.24. The number of carbonyl (C=O) groups excluding carboxylic acids is 2. The van der Waals surface area contributed by atoms with Crippen molar-refractivity contribution in [2.24, 2.45) is 5.73 Å². The van der Waals surface area contributed by atoms with Crippen LogP contribution in [-0.4, -0.2) is 36.9 Å². The number of carbonyl (C=O) groups is 2. The van der Waals surface area contributed by atoms with E-state index in [-0.39, 0.29) is 17.4 Å². The molecule has 5 nitrogen and oxygen atoms in total. The van der Waals surface area contributed by atoms with Gasteiger partial charge in [-0.15, -0.1) is 0 Å². The smallest absolute Gasteiger partial charge is 0.340 e. The Labute approximate surface area is 89.2 Å². The molecule has 15 heavy (non-hydrogen) atoms. The molecule has 5 heteroatoms. The Hall–Kier alpha value is -1.62. The molecule has 2 N–H and O–H groups in total. The van der Waals surface area contributed by atoms with Crippen LogP contribution in [0.25, 0.3) is 0 Å². The topological polar surface area (TPSA) is 72.6 Å². The maximum Gasteiger partial charge on any atom is 0.340 e. The summed E-state index contributed by atoms with van der Waals surface area (Å²) >= 11 is 0. The van der Waals surface area contributed by atoms with Gasteiger partial charge in [-0.1, -0.05) is 13.2 Å². The molecular weight excluding hydrogens is 196 g/mol. The number of hydrogen-bond donors (Lipinski definition) is 1. The van der Waals surface area contributed by atoms with E-state index in [0.717, 1.165) is 0 Å². The van der Waals surface area contributed by atoms with Gasteiger partial charge in [0, 0.05) is 11.6 Å². The molecular formula is C10H16N2O3. The molecule has 0 aromatic rings. The van der Waals surface area contributed by atoms with E-state index in [9.17, 15) is 9.59 Å². The number of amides is 1. The number of ether oxygens (including phenoxy) is 1. The Balaban J connectivity index is 4.41. The van der Waals surface area contributed by atoms with Crippen molar-refractivity contribution in [3.8, 4) is 0 Å².